The van der Waals surface area contributed by atoms with Crippen LogP contribution >= 0.6 is 0 Å². The van der Waals surface area contributed by atoms with E-state index in [1.54, 1.807) is 46.1 Å². The van der Waals surface area contributed by atoms with Gasteiger partial charge in [0.1, 0.15) is 18.2 Å². The van der Waals surface area contributed by atoms with Crippen molar-refractivity contribution < 1.29 is 28.6 Å². The first-order chi connectivity index (χ1) is 16.2. The molecule has 1 aliphatic rings. The third kappa shape index (κ3) is 6.81. The summed E-state index contributed by atoms with van der Waals surface area (Å²) in [5.41, 5.74) is 1.68. The zero-order valence-electron chi connectivity index (χ0n) is 20.1. The maximum Gasteiger partial charge on any atom is 0.410 e. The highest BCUT2D eigenvalue weighted by molar-refractivity contribution is 5.99. The van der Waals surface area contributed by atoms with Gasteiger partial charge in [-0.25, -0.2) is 9.59 Å². The molecule has 1 aliphatic heterocycles. The summed E-state index contributed by atoms with van der Waals surface area (Å²) in [6, 6.07) is 13.7. The van der Waals surface area contributed by atoms with Crippen molar-refractivity contribution in [1.82, 2.24) is 4.90 Å². The number of rotatable bonds is 7. The first kappa shape index (κ1) is 25.2. The number of carbonyl (C=O) groups is 3. The van der Waals surface area contributed by atoms with Crippen LogP contribution in [0.5, 0.6) is 0 Å². The third-order valence-electron chi connectivity index (χ3n) is 5.30. The Hall–Kier alpha value is -3.39. The summed E-state index contributed by atoms with van der Waals surface area (Å²) in [7, 11) is 1.55. The molecule has 0 aliphatic carbocycles. The molecule has 8 nitrogen and oxygen atoms in total. The lowest BCUT2D eigenvalue weighted by molar-refractivity contribution is -0.120. The van der Waals surface area contributed by atoms with Gasteiger partial charge in [0, 0.05) is 24.9 Å². The molecular formula is C26H32N2O6. The van der Waals surface area contributed by atoms with Crippen LogP contribution in [0.3, 0.4) is 0 Å². The Balaban J connectivity index is 1.73. The topological polar surface area (TPSA) is 94.2 Å². The van der Waals surface area contributed by atoms with Crippen molar-refractivity contribution in [2.75, 3.05) is 19.0 Å². The van der Waals surface area contributed by atoms with Gasteiger partial charge in [-0.3, -0.25) is 9.69 Å². The van der Waals surface area contributed by atoms with Crippen molar-refractivity contribution in [3.63, 3.8) is 0 Å². The summed E-state index contributed by atoms with van der Waals surface area (Å²) in [6.45, 7) is 6.20. The van der Waals surface area contributed by atoms with E-state index in [4.69, 9.17) is 14.2 Å². The van der Waals surface area contributed by atoms with Gasteiger partial charge in [-0.15, -0.1) is 0 Å². The van der Waals surface area contributed by atoms with Crippen molar-refractivity contribution in [3.05, 3.63) is 65.2 Å². The average Bonchev–Trinajstić information content (AvgIpc) is 3.29. The second kappa shape index (κ2) is 11.2. The molecule has 0 unspecified atom stereocenters. The molecule has 0 bridgehead atoms. The fourth-order valence-electron chi connectivity index (χ4n) is 3.70. The van der Waals surface area contributed by atoms with Crippen LogP contribution in [0.4, 0.5) is 10.5 Å². The molecule has 1 heterocycles. The molecule has 3 rings (SSSR count). The maximum absolute atomic E-state index is 13.1. The van der Waals surface area contributed by atoms with Gasteiger partial charge < -0.3 is 19.5 Å². The highest BCUT2D eigenvalue weighted by Crippen LogP contribution is 2.25. The highest BCUT2D eigenvalue weighted by atomic mass is 16.6. The van der Waals surface area contributed by atoms with Gasteiger partial charge >= 0.3 is 12.1 Å². The molecule has 0 radical (unpaired) electrons. The molecule has 1 saturated heterocycles. The Labute approximate surface area is 200 Å². The monoisotopic (exact) mass is 468 g/mol. The number of benzene rings is 2. The molecule has 1 fully saturated rings. The van der Waals surface area contributed by atoms with Gasteiger partial charge in [0.15, 0.2) is 0 Å². The van der Waals surface area contributed by atoms with E-state index in [0.29, 0.717) is 36.2 Å². The third-order valence-corrected chi connectivity index (χ3v) is 5.30. The van der Waals surface area contributed by atoms with E-state index in [9.17, 15) is 14.4 Å². The zero-order chi connectivity index (χ0) is 24.7. The van der Waals surface area contributed by atoms with E-state index in [2.05, 4.69) is 5.32 Å². The summed E-state index contributed by atoms with van der Waals surface area (Å²) in [4.78, 5) is 39.8. The second-order valence-electron chi connectivity index (χ2n) is 9.19. The summed E-state index contributed by atoms with van der Waals surface area (Å²) in [6.07, 6.45) is 0.720. The second-order valence-corrected chi connectivity index (χ2v) is 9.19. The lowest BCUT2D eigenvalue weighted by Crippen LogP contribution is -2.45. The number of methoxy groups -OCH3 is 1. The molecule has 2 aromatic rings. The summed E-state index contributed by atoms with van der Waals surface area (Å²) >= 11 is 0. The number of nitrogens with one attached hydrogen (secondary N) is 1. The van der Waals surface area contributed by atoms with Crippen molar-refractivity contribution in [3.8, 4) is 0 Å². The molecule has 1 atom stereocenters. The number of hydrogen-bond acceptors (Lipinski definition) is 6. The van der Waals surface area contributed by atoms with E-state index in [1.165, 1.54) is 4.90 Å². The SMILES string of the molecule is COCc1ccc(C(=O)OCc2ccccc2)cc1NC(=O)[C@@H]1CCCN1C(=O)OC(C)(C)C. The van der Waals surface area contributed by atoms with Crippen LogP contribution in [-0.2, 0) is 32.2 Å². The Morgan fingerprint density at radius 2 is 1.79 bits per heavy atom. The Kier molecular flexibility index (Phi) is 8.28. The van der Waals surface area contributed by atoms with Crippen molar-refractivity contribution >= 4 is 23.7 Å². The van der Waals surface area contributed by atoms with E-state index in [-0.39, 0.29) is 19.1 Å². The van der Waals surface area contributed by atoms with Crippen LogP contribution in [0.1, 0.15) is 55.1 Å². The Morgan fingerprint density at radius 3 is 2.47 bits per heavy atom. The number of carbonyl (C=O) groups excluding carboxylic acids is 3. The highest BCUT2D eigenvalue weighted by Gasteiger charge is 2.36. The molecule has 0 aromatic heterocycles. The number of esters is 1. The fourth-order valence-corrected chi connectivity index (χ4v) is 3.70. The van der Waals surface area contributed by atoms with Gasteiger partial charge in [-0.05, 0) is 51.3 Å². The molecule has 0 saturated carbocycles. The number of anilines is 1. The van der Waals surface area contributed by atoms with Crippen LogP contribution in [-0.4, -0.2) is 48.2 Å². The number of ether oxygens (including phenoxy) is 3. The number of likely N-dealkylation sites (tertiary alicyclic amines) is 1. The summed E-state index contributed by atoms with van der Waals surface area (Å²) in [5.74, 6) is -0.838. The molecular weight excluding hydrogens is 436 g/mol. The minimum atomic E-state index is -0.654. The summed E-state index contributed by atoms with van der Waals surface area (Å²) in [5, 5.41) is 2.88. The standard InChI is InChI=1S/C26H32N2O6/c1-26(2,3)34-25(31)28-14-8-11-22(28)23(29)27-21-15-19(12-13-20(21)17-32-4)24(30)33-16-18-9-6-5-7-10-18/h5-7,9-10,12-13,15,22H,8,11,14,16-17H2,1-4H3,(H,27,29)/t22-/m0/s1. The molecule has 8 heteroatoms. The lowest BCUT2D eigenvalue weighted by Gasteiger charge is -2.28. The van der Waals surface area contributed by atoms with Crippen LogP contribution in [0, 0.1) is 0 Å². The molecule has 2 aromatic carbocycles. The Bertz CT molecular complexity index is 1020. The van der Waals surface area contributed by atoms with E-state index in [1.807, 2.05) is 30.3 Å². The molecule has 34 heavy (non-hydrogen) atoms. The summed E-state index contributed by atoms with van der Waals surface area (Å²) < 4.78 is 16.1. The van der Waals surface area contributed by atoms with E-state index >= 15 is 0 Å². The quantitative estimate of drug-likeness (QED) is 0.600. The van der Waals surface area contributed by atoms with Gasteiger partial charge in [0.25, 0.3) is 0 Å². The largest absolute Gasteiger partial charge is 0.457 e. The first-order valence-electron chi connectivity index (χ1n) is 11.3. The molecule has 2 amide bonds. The van der Waals surface area contributed by atoms with E-state index in [0.717, 1.165) is 5.56 Å². The van der Waals surface area contributed by atoms with E-state index < -0.39 is 23.7 Å². The number of hydrogen-bond donors (Lipinski definition) is 1. The van der Waals surface area contributed by atoms with Crippen molar-refractivity contribution in [2.45, 2.75) is 58.5 Å². The van der Waals surface area contributed by atoms with Gasteiger partial charge in [0.2, 0.25) is 5.91 Å². The van der Waals surface area contributed by atoms with Crippen LogP contribution in [0.2, 0.25) is 0 Å². The predicted octanol–water partition coefficient (Wildman–Crippen LogP) is 4.53. The molecule has 1 N–H and O–H groups in total. The molecule has 0 spiro atoms. The lowest BCUT2D eigenvalue weighted by atomic mass is 10.1. The van der Waals surface area contributed by atoms with Crippen molar-refractivity contribution in [2.24, 2.45) is 0 Å². The smallest absolute Gasteiger partial charge is 0.410 e. The van der Waals surface area contributed by atoms with Crippen LogP contribution in [0.25, 0.3) is 0 Å². The number of nitrogens with zero attached hydrogens (tertiary/aromatic N) is 1. The first-order valence-corrected chi connectivity index (χ1v) is 11.3. The zero-order valence-corrected chi connectivity index (χ0v) is 20.1. The van der Waals surface area contributed by atoms with Crippen LogP contribution < -0.4 is 5.32 Å². The minimum absolute atomic E-state index is 0.147. The fraction of sp³-hybridized carbons (Fsp3) is 0.423. The van der Waals surface area contributed by atoms with Crippen LogP contribution in [0.15, 0.2) is 48.5 Å². The van der Waals surface area contributed by atoms with Crippen molar-refractivity contribution in [1.29, 1.82) is 0 Å². The predicted molar refractivity (Wildman–Crippen MR) is 127 cm³/mol. The normalized spacial score (nSPS) is 15.6. The minimum Gasteiger partial charge on any atom is -0.457 e. The van der Waals surface area contributed by atoms with Gasteiger partial charge in [-0.2, -0.15) is 0 Å². The maximum atomic E-state index is 13.1. The van der Waals surface area contributed by atoms with Gasteiger partial charge in [-0.1, -0.05) is 36.4 Å². The van der Waals surface area contributed by atoms with Gasteiger partial charge in [0.05, 0.1) is 12.2 Å². The Morgan fingerprint density at radius 1 is 1.06 bits per heavy atom. The average molecular weight is 469 g/mol. The number of amides is 2. The molecule has 182 valence electrons.